The lowest BCUT2D eigenvalue weighted by Crippen LogP contribution is -2.24. The molecule has 1 saturated heterocycles. The smallest absolute Gasteiger partial charge is 0.131 e. The first-order chi connectivity index (χ1) is 13.2. The van der Waals surface area contributed by atoms with E-state index in [1.54, 1.807) is 13.2 Å². The Morgan fingerprint density at radius 3 is 2.26 bits per heavy atom. The monoisotopic (exact) mass is 371 g/mol. The number of benzene rings is 2. The Bertz CT molecular complexity index is 706. The van der Waals surface area contributed by atoms with Gasteiger partial charge in [-0.25, -0.2) is 4.39 Å². The molecule has 0 N–H and O–H groups in total. The maximum Gasteiger partial charge on any atom is 0.131 e. The standard InChI is InChI=1S/C22H28FNO.C2H6/c1-3-17-8-10-20(21-15-19(25-2)9-11-22(21)23)18(14-17)16-24-12-6-4-5-7-13-24;1-2/h8-11,14-15H,3-7,12-13,16H2,1-2H3;1-2H3. The molecule has 1 fully saturated rings. The summed E-state index contributed by atoms with van der Waals surface area (Å²) >= 11 is 0. The molecule has 2 aromatic rings. The molecule has 2 nitrogen and oxygen atoms in total. The average Bonchev–Trinajstić information content (AvgIpc) is 2.99. The third-order valence-corrected chi connectivity index (χ3v) is 5.13. The molecule has 0 atom stereocenters. The molecule has 1 aliphatic rings. The van der Waals surface area contributed by atoms with Gasteiger partial charge in [0.25, 0.3) is 0 Å². The Balaban J connectivity index is 0.00000126. The molecule has 3 heteroatoms. The molecule has 1 aliphatic heterocycles. The van der Waals surface area contributed by atoms with E-state index in [9.17, 15) is 4.39 Å². The predicted molar refractivity (Wildman–Crippen MR) is 113 cm³/mol. The summed E-state index contributed by atoms with van der Waals surface area (Å²) in [5.74, 6) is 0.499. The summed E-state index contributed by atoms with van der Waals surface area (Å²) in [6, 6.07) is 11.4. The van der Waals surface area contributed by atoms with Gasteiger partial charge in [0.15, 0.2) is 0 Å². The second kappa shape index (κ2) is 11.1. The molecule has 1 heterocycles. The van der Waals surface area contributed by atoms with Crippen molar-refractivity contribution in [2.75, 3.05) is 20.2 Å². The lowest BCUT2D eigenvalue weighted by Gasteiger charge is -2.22. The second-order valence-corrected chi connectivity index (χ2v) is 6.88. The van der Waals surface area contributed by atoms with Crippen molar-refractivity contribution in [2.24, 2.45) is 0 Å². The van der Waals surface area contributed by atoms with E-state index < -0.39 is 0 Å². The highest BCUT2D eigenvalue weighted by molar-refractivity contribution is 5.70. The summed E-state index contributed by atoms with van der Waals surface area (Å²) in [6.07, 6.45) is 6.16. The van der Waals surface area contributed by atoms with Crippen LogP contribution in [-0.2, 0) is 13.0 Å². The maximum absolute atomic E-state index is 14.5. The lowest BCUT2D eigenvalue weighted by atomic mass is 9.95. The fourth-order valence-corrected chi connectivity index (χ4v) is 3.63. The SMILES string of the molecule is CC.CCc1ccc(-c2cc(OC)ccc2F)c(CN2CCCCCC2)c1. The quantitative estimate of drug-likeness (QED) is 0.597. The van der Waals surface area contributed by atoms with E-state index in [-0.39, 0.29) is 5.82 Å². The van der Waals surface area contributed by atoms with Gasteiger partial charge in [0.2, 0.25) is 0 Å². The lowest BCUT2D eigenvalue weighted by molar-refractivity contribution is 0.277. The zero-order valence-corrected chi connectivity index (χ0v) is 17.4. The van der Waals surface area contributed by atoms with E-state index in [0.29, 0.717) is 11.3 Å². The number of hydrogen-bond donors (Lipinski definition) is 0. The molecule has 2 aromatic carbocycles. The molecule has 0 radical (unpaired) electrons. The van der Waals surface area contributed by atoms with Crippen LogP contribution in [0.25, 0.3) is 11.1 Å². The summed E-state index contributed by atoms with van der Waals surface area (Å²) in [5.41, 5.74) is 4.13. The first-order valence-electron chi connectivity index (χ1n) is 10.4. The minimum Gasteiger partial charge on any atom is -0.497 e. The van der Waals surface area contributed by atoms with Crippen LogP contribution >= 0.6 is 0 Å². The van der Waals surface area contributed by atoms with Crippen LogP contribution in [0.5, 0.6) is 5.75 Å². The van der Waals surface area contributed by atoms with E-state index in [4.69, 9.17) is 4.74 Å². The topological polar surface area (TPSA) is 12.5 Å². The van der Waals surface area contributed by atoms with Crippen molar-refractivity contribution in [3.05, 3.63) is 53.3 Å². The number of likely N-dealkylation sites (tertiary alicyclic amines) is 1. The molecule has 0 saturated carbocycles. The summed E-state index contributed by atoms with van der Waals surface area (Å²) in [4.78, 5) is 2.52. The van der Waals surface area contributed by atoms with Crippen LogP contribution in [-0.4, -0.2) is 25.1 Å². The first-order valence-corrected chi connectivity index (χ1v) is 10.4. The van der Waals surface area contributed by atoms with Crippen molar-refractivity contribution in [1.82, 2.24) is 4.90 Å². The number of hydrogen-bond acceptors (Lipinski definition) is 2. The molecule has 0 aliphatic carbocycles. The zero-order chi connectivity index (χ0) is 19.6. The normalized spacial score (nSPS) is 14.9. The zero-order valence-electron chi connectivity index (χ0n) is 17.4. The molecular weight excluding hydrogens is 337 g/mol. The number of rotatable bonds is 5. The molecule has 3 rings (SSSR count). The van der Waals surface area contributed by atoms with Gasteiger partial charge < -0.3 is 4.74 Å². The van der Waals surface area contributed by atoms with Crippen molar-refractivity contribution >= 4 is 0 Å². The number of methoxy groups -OCH3 is 1. The molecule has 27 heavy (non-hydrogen) atoms. The largest absolute Gasteiger partial charge is 0.497 e. The van der Waals surface area contributed by atoms with Gasteiger partial charge in [-0.15, -0.1) is 0 Å². The Labute approximate surface area is 164 Å². The van der Waals surface area contributed by atoms with Crippen LogP contribution < -0.4 is 4.74 Å². The van der Waals surface area contributed by atoms with Crippen LogP contribution in [0.15, 0.2) is 36.4 Å². The van der Waals surface area contributed by atoms with E-state index in [1.807, 2.05) is 19.9 Å². The molecule has 0 bridgehead atoms. The molecule has 148 valence electrons. The van der Waals surface area contributed by atoms with Crippen LogP contribution in [0.1, 0.15) is 57.6 Å². The van der Waals surface area contributed by atoms with Crippen molar-refractivity contribution in [2.45, 2.75) is 59.4 Å². The highest BCUT2D eigenvalue weighted by Crippen LogP contribution is 2.31. The summed E-state index contributed by atoms with van der Waals surface area (Å²) in [7, 11) is 1.62. The molecule has 0 unspecified atom stereocenters. The molecular formula is C24H34FNO. The van der Waals surface area contributed by atoms with E-state index in [1.165, 1.54) is 42.9 Å². The highest BCUT2D eigenvalue weighted by atomic mass is 19.1. The van der Waals surface area contributed by atoms with Crippen molar-refractivity contribution in [1.29, 1.82) is 0 Å². The summed E-state index contributed by atoms with van der Waals surface area (Å²) < 4.78 is 19.8. The van der Waals surface area contributed by atoms with E-state index in [0.717, 1.165) is 31.6 Å². The van der Waals surface area contributed by atoms with Crippen LogP contribution in [0.4, 0.5) is 4.39 Å². The predicted octanol–water partition coefficient (Wildman–Crippen LogP) is 6.47. The highest BCUT2D eigenvalue weighted by Gasteiger charge is 2.16. The summed E-state index contributed by atoms with van der Waals surface area (Å²) in [5, 5.41) is 0. The fraction of sp³-hybridized carbons (Fsp3) is 0.500. The number of aryl methyl sites for hydroxylation is 1. The van der Waals surface area contributed by atoms with Crippen LogP contribution in [0.2, 0.25) is 0 Å². The van der Waals surface area contributed by atoms with Gasteiger partial charge in [-0.1, -0.05) is 51.8 Å². The number of halogens is 1. The summed E-state index contributed by atoms with van der Waals surface area (Å²) in [6.45, 7) is 9.32. The van der Waals surface area contributed by atoms with Gasteiger partial charge in [0.05, 0.1) is 7.11 Å². The number of ether oxygens (including phenoxy) is 1. The van der Waals surface area contributed by atoms with Crippen molar-refractivity contribution < 1.29 is 9.13 Å². The van der Waals surface area contributed by atoms with Gasteiger partial charge >= 0.3 is 0 Å². The minimum absolute atomic E-state index is 0.192. The Kier molecular flexibility index (Phi) is 8.80. The van der Waals surface area contributed by atoms with Gasteiger partial charge in [-0.05, 0) is 67.2 Å². The molecule has 0 amide bonds. The van der Waals surface area contributed by atoms with E-state index >= 15 is 0 Å². The first kappa shape index (κ1) is 21.4. The van der Waals surface area contributed by atoms with Crippen molar-refractivity contribution in [3.8, 4) is 16.9 Å². The molecule has 0 aromatic heterocycles. The second-order valence-electron chi connectivity index (χ2n) is 6.88. The van der Waals surface area contributed by atoms with E-state index in [2.05, 4.69) is 30.0 Å². The Morgan fingerprint density at radius 2 is 1.63 bits per heavy atom. The third kappa shape index (κ3) is 5.80. The third-order valence-electron chi connectivity index (χ3n) is 5.13. The van der Waals surface area contributed by atoms with Gasteiger partial charge in [0, 0.05) is 12.1 Å². The van der Waals surface area contributed by atoms with Gasteiger partial charge in [0.1, 0.15) is 11.6 Å². The Hall–Kier alpha value is -1.87. The number of nitrogens with zero attached hydrogens (tertiary/aromatic N) is 1. The van der Waals surface area contributed by atoms with Crippen LogP contribution in [0, 0.1) is 5.82 Å². The average molecular weight is 372 g/mol. The minimum atomic E-state index is -0.192. The van der Waals surface area contributed by atoms with Gasteiger partial charge in [-0.3, -0.25) is 4.90 Å². The van der Waals surface area contributed by atoms with Gasteiger partial charge in [-0.2, -0.15) is 0 Å². The maximum atomic E-state index is 14.5. The molecule has 0 spiro atoms. The fourth-order valence-electron chi connectivity index (χ4n) is 3.63. The Morgan fingerprint density at radius 1 is 0.926 bits per heavy atom. The van der Waals surface area contributed by atoms with Crippen LogP contribution in [0.3, 0.4) is 0 Å². The van der Waals surface area contributed by atoms with Crippen molar-refractivity contribution in [3.63, 3.8) is 0 Å².